The highest BCUT2D eigenvalue weighted by Gasteiger charge is 2.16. The summed E-state index contributed by atoms with van der Waals surface area (Å²) in [5.41, 5.74) is 0.947. The van der Waals surface area contributed by atoms with E-state index in [1.165, 1.54) is 6.42 Å². The molecular formula is C19H26ClNO4. The third-order valence-corrected chi connectivity index (χ3v) is 4.68. The molecule has 1 saturated carbocycles. The number of carbonyl (C=O) groups is 2. The molecule has 1 N–H and O–H groups in total. The lowest BCUT2D eigenvalue weighted by atomic mass is 9.95. The van der Waals surface area contributed by atoms with Crippen molar-refractivity contribution >= 4 is 23.5 Å². The van der Waals surface area contributed by atoms with E-state index in [0.29, 0.717) is 18.1 Å². The fraction of sp³-hybridized carbons (Fsp3) is 0.579. The highest BCUT2D eigenvalue weighted by Crippen LogP contribution is 2.21. The number of esters is 1. The van der Waals surface area contributed by atoms with Crippen molar-refractivity contribution in [1.29, 1.82) is 0 Å². The van der Waals surface area contributed by atoms with E-state index >= 15 is 0 Å². The lowest BCUT2D eigenvalue weighted by Crippen LogP contribution is -2.38. The maximum Gasteiger partial charge on any atom is 0.306 e. The molecule has 0 aromatic heterocycles. The molecular weight excluding hydrogens is 342 g/mol. The average Bonchev–Trinajstić information content (AvgIpc) is 2.61. The monoisotopic (exact) mass is 367 g/mol. The minimum atomic E-state index is -0.380. The third kappa shape index (κ3) is 7.34. The number of ether oxygens (including phenoxy) is 2. The molecule has 1 aliphatic rings. The number of rotatable bonds is 8. The number of aryl methyl sites for hydroxylation is 1. The maximum absolute atomic E-state index is 11.8. The summed E-state index contributed by atoms with van der Waals surface area (Å²) < 4.78 is 10.6. The van der Waals surface area contributed by atoms with E-state index < -0.39 is 0 Å². The van der Waals surface area contributed by atoms with Crippen LogP contribution in [0.25, 0.3) is 0 Å². The van der Waals surface area contributed by atoms with Crippen molar-refractivity contribution in [2.45, 2.75) is 57.9 Å². The van der Waals surface area contributed by atoms with Crippen LogP contribution in [0.5, 0.6) is 5.75 Å². The molecule has 0 heterocycles. The van der Waals surface area contributed by atoms with Gasteiger partial charge in [-0.25, -0.2) is 0 Å². The first-order chi connectivity index (χ1) is 12.0. The topological polar surface area (TPSA) is 64.6 Å². The standard InChI is InChI=1S/C19H26ClNO4/c1-14-12-16(9-10-17(14)20)24-11-5-8-19(23)25-13-18(22)21-15-6-3-2-4-7-15/h9-10,12,15H,2-8,11,13H2,1H3,(H,21,22). The van der Waals surface area contributed by atoms with E-state index in [9.17, 15) is 9.59 Å². The lowest BCUT2D eigenvalue weighted by Gasteiger charge is -2.22. The van der Waals surface area contributed by atoms with Gasteiger partial charge in [0, 0.05) is 17.5 Å². The number of hydrogen-bond donors (Lipinski definition) is 1. The predicted molar refractivity (Wildman–Crippen MR) is 96.9 cm³/mol. The van der Waals surface area contributed by atoms with Gasteiger partial charge < -0.3 is 14.8 Å². The van der Waals surface area contributed by atoms with E-state index in [1.807, 2.05) is 13.0 Å². The van der Waals surface area contributed by atoms with Crippen LogP contribution in [0, 0.1) is 6.92 Å². The Kier molecular flexibility index (Phi) is 8.06. The summed E-state index contributed by atoms with van der Waals surface area (Å²) in [6.45, 7) is 2.11. The van der Waals surface area contributed by atoms with Gasteiger partial charge in [0.05, 0.1) is 6.61 Å². The fourth-order valence-corrected chi connectivity index (χ4v) is 2.97. The summed E-state index contributed by atoms with van der Waals surface area (Å²) in [6, 6.07) is 5.67. The molecule has 0 spiro atoms. The first kappa shape index (κ1) is 19.6. The lowest BCUT2D eigenvalue weighted by molar-refractivity contribution is -0.149. The number of nitrogens with one attached hydrogen (secondary N) is 1. The average molecular weight is 368 g/mol. The maximum atomic E-state index is 11.8. The van der Waals surface area contributed by atoms with E-state index in [2.05, 4.69) is 5.32 Å². The molecule has 138 valence electrons. The Balaban J connectivity index is 1.55. The first-order valence-electron chi connectivity index (χ1n) is 8.88. The molecule has 2 rings (SSSR count). The van der Waals surface area contributed by atoms with Gasteiger partial charge in [-0.15, -0.1) is 0 Å². The van der Waals surface area contributed by atoms with Crippen LogP contribution in [0.2, 0.25) is 5.02 Å². The number of benzene rings is 1. The van der Waals surface area contributed by atoms with Gasteiger partial charge in [-0.05, 0) is 49.9 Å². The molecule has 1 aromatic carbocycles. The van der Waals surface area contributed by atoms with Crippen molar-refractivity contribution in [3.05, 3.63) is 28.8 Å². The smallest absolute Gasteiger partial charge is 0.306 e. The number of halogens is 1. The second-order valence-corrected chi connectivity index (χ2v) is 6.83. The van der Waals surface area contributed by atoms with Crippen molar-refractivity contribution < 1.29 is 19.1 Å². The molecule has 0 saturated heterocycles. The minimum absolute atomic E-state index is 0.202. The molecule has 1 aliphatic carbocycles. The van der Waals surface area contributed by atoms with Crippen LogP contribution in [-0.2, 0) is 14.3 Å². The molecule has 0 unspecified atom stereocenters. The Labute approximate surface area is 154 Å². The van der Waals surface area contributed by atoms with E-state index in [1.54, 1.807) is 12.1 Å². The molecule has 0 atom stereocenters. The number of amides is 1. The van der Waals surface area contributed by atoms with Crippen molar-refractivity contribution in [3.63, 3.8) is 0 Å². The second-order valence-electron chi connectivity index (χ2n) is 6.43. The summed E-state index contributed by atoms with van der Waals surface area (Å²) in [7, 11) is 0. The van der Waals surface area contributed by atoms with Gasteiger partial charge in [-0.2, -0.15) is 0 Å². The summed E-state index contributed by atoms with van der Waals surface area (Å²) in [4.78, 5) is 23.4. The van der Waals surface area contributed by atoms with Gasteiger partial charge in [0.25, 0.3) is 5.91 Å². The van der Waals surface area contributed by atoms with Crippen molar-refractivity contribution in [1.82, 2.24) is 5.32 Å². The fourth-order valence-electron chi connectivity index (χ4n) is 2.85. The van der Waals surface area contributed by atoms with E-state index in [-0.39, 0.29) is 30.9 Å². The van der Waals surface area contributed by atoms with Gasteiger partial charge in [-0.1, -0.05) is 30.9 Å². The highest BCUT2D eigenvalue weighted by molar-refractivity contribution is 6.31. The van der Waals surface area contributed by atoms with Crippen LogP contribution >= 0.6 is 11.6 Å². The zero-order valence-corrected chi connectivity index (χ0v) is 15.4. The van der Waals surface area contributed by atoms with Gasteiger partial charge in [0.15, 0.2) is 6.61 Å². The minimum Gasteiger partial charge on any atom is -0.494 e. The summed E-state index contributed by atoms with van der Waals surface area (Å²) in [5, 5.41) is 3.62. The highest BCUT2D eigenvalue weighted by atomic mass is 35.5. The quantitative estimate of drug-likeness (QED) is 0.560. The number of carbonyl (C=O) groups excluding carboxylic acids is 2. The molecule has 5 nitrogen and oxygen atoms in total. The van der Waals surface area contributed by atoms with Gasteiger partial charge in [-0.3, -0.25) is 9.59 Å². The Hall–Kier alpha value is -1.75. The van der Waals surface area contributed by atoms with E-state index in [4.69, 9.17) is 21.1 Å². The molecule has 1 amide bonds. The number of hydrogen-bond acceptors (Lipinski definition) is 4. The van der Waals surface area contributed by atoms with Crippen molar-refractivity contribution in [2.75, 3.05) is 13.2 Å². The zero-order chi connectivity index (χ0) is 18.1. The molecule has 0 bridgehead atoms. The largest absolute Gasteiger partial charge is 0.494 e. The molecule has 0 aliphatic heterocycles. The summed E-state index contributed by atoms with van der Waals surface area (Å²) in [6.07, 6.45) is 6.32. The Morgan fingerprint density at radius 1 is 1.24 bits per heavy atom. The first-order valence-corrected chi connectivity index (χ1v) is 9.26. The van der Waals surface area contributed by atoms with Gasteiger partial charge >= 0.3 is 5.97 Å². The Morgan fingerprint density at radius 2 is 2.00 bits per heavy atom. The summed E-state index contributed by atoms with van der Waals surface area (Å²) >= 11 is 5.96. The zero-order valence-electron chi connectivity index (χ0n) is 14.7. The third-order valence-electron chi connectivity index (χ3n) is 4.26. The van der Waals surface area contributed by atoms with Crippen molar-refractivity contribution in [2.24, 2.45) is 0 Å². The second kappa shape index (κ2) is 10.3. The molecule has 1 aromatic rings. The SMILES string of the molecule is Cc1cc(OCCCC(=O)OCC(=O)NC2CCCCC2)ccc1Cl. The molecule has 1 fully saturated rings. The van der Waals surface area contributed by atoms with Crippen molar-refractivity contribution in [3.8, 4) is 5.75 Å². The summed E-state index contributed by atoms with van der Waals surface area (Å²) in [5.74, 6) is 0.130. The molecule has 6 heteroatoms. The van der Waals surface area contributed by atoms with Crippen LogP contribution in [0.3, 0.4) is 0 Å². The molecule has 25 heavy (non-hydrogen) atoms. The Morgan fingerprint density at radius 3 is 2.72 bits per heavy atom. The van der Waals surface area contributed by atoms with Crippen LogP contribution in [-0.4, -0.2) is 31.1 Å². The predicted octanol–water partition coefficient (Wildman–Crippen LogP) is 3.80. The van der Waals surface area contributed by atoms with Gasteiger partial charge in [0.2, 0.25) is 0 Å². The van der Waals surface area contributed by atoms with Gasteiger partial charge in [0.1, 0.15) is 5.75 Å². The Bertz CT molecular complexity index is 585. The van der Waals surface area contributed by atoms with Crippen LogP contribution in [0.15, 0.2) is 18.2 Å². The normalized spacial score (nSPS) is 14.8. The van der Waals surface area contributed by atoms with Crippen LogP contribution in [0.4, 0.5) is 0 Å². The van der Waals surface area contributed by atoms with E-state index in [0.717, 1.165) is 37.0 Å². The van der Waals surface area contributed by atoms with Crippen LogP contribution in [0.1, 0.15) is 50.5 Å². The molecule has 0 radical (unpaired) electrons. The van der Waals surface area contributed by atoms with Crippen LogP contribution < -0.4 is 10.1 Å².